The zero-order chi connectivity index (χ0) is 13.7. The molecule has 98 valence electrons. The van der Waals surface area contributed by atoms with E-state index in [0.29, 0.717) is 5.56 Å². The summed E-state index contributed by atoms with van der Waals surface area (Å²) in [4.78, 5) is 0. The summed E-state index contributed by atoms with van der Waals surface area (Å²) in [6.45, 7) is 0. The Bertz CT molecular complexity index is 587. The van der Waals surface area contributed by atoms with E-state index in [1.54, 1.807) is 6.07 Å². The van der Waals surface area contributed by atoms with Crippen molar-refractivity contribution in [2.75, 3.05) is 12.5 Å². The second-order valence-electron chi connectivity index (χ2n) is 3.72. The molecule has 2 aromatic carbocycles. The van der Waals surface area contributed by atoms with Gasteiger partial charge in [0.2, 0.25) is 0 Å². The van der Waals surface area contributed by atoms with E-state index in [2.05, 4.69) is 10.5 Å². The highest BCUT2D eigenvalue weighted by Gasteiger charge is 2.10. The Morgan fingerprint density at radius 3 is 2.63 bits per heavy atom. The first kappa shape index (κ1) is 13.4. The van der Waals surface area contributed by atoms with Crippen LogP contribution in [0.4, 0.5) is 10.1 Å². The first-order valence-electron chi connectivity index (χ1n) is 5.58. The Kier molecular flexibility index (Phi) is 4.36. The topological polar surface area (TPSA) is 33.6 Å². The van der Waals surface area contributed by atoms with Gasteiger partial charge in [0.15, 0.2) is 11.6 Å². The Morgan fingerprint density at radius 1 is 1.21 bits per heavy atom. The molecule has 2 rings (SSSR count). The van der Waals surface area contributed by atoms with Gasteiger partial charge >= 0.3 is 0 Å². The zero-order valence-electron chi connectivity index (χ0n) is 10.2. The predicted octanol–water partition coefficient (Wildman–Crippen LogP) is 3.93. The molecule has 0 unspecified atom stereocenters. The predicted molar refractivity (Wildman–Crippen MR) is 75.6 cm³/mol. The lowest BCUT2D eigenvalue weighted by Crippen LogP contribution is -1.95. The van der Waals surface area contributed by atoms with Gasteiger partial charge in [-0.15, -0.1) is 0 Å². The summed E-state index contributed by atoms with van der Waals surface area (Å²) in [6, 6.07) is 12.6. The van der Waals surface area contributed by atoms with Crippen LogP contribution in [0.3, 0.4) is 0 Å². The van der Waals surface area contributed by atoms with Gasteiger partial charge in [-0.3, -0.25) is 5.43 Å². The lowest BCUT2D eigenvalue weighted by Gasteiger charge is -2.05. The van der Waals surface area contributed by atoms with E-state index in [0.717, 1.165) is 5.69 Å². The molecule has 1 N–H and O–H groups in total. The van der Waals surface area contributed by atoms with E-state index in [-0.39, 0.29) is 10.8 Å². The van der Waals surface area contributed by atoms with Crippen LogP contribution in [0, 0.1) is 5.82 Å². The molecule has 0 aliphatic carbocycles. The molecule has 0 bridgehead atoms. The molecule has 0 heterocycles. The van der Waals surface area contributed by atoms with Crippen molar-refractivity contribution in [3.8, 4) is 5.75 Å². The van der Waals surface area contributed by atoms with Crippen molar-refractivity contribution in [2.45, 2.75) is 0 Å². The lowest BCUT2D eigenvalue weighted by molar-refractivity contribution is 0.386. The van der Waals surface area contributed by atoms with Gasteiger partial charge in [0, 0.05) is 5.56 Å². The molecular weight excluding hydrogens is 267 g/mol. The van der Waals surface area contributed by atoms with E-state index in [9.17, 15) is 4.39 Å². The number of ether oxygens (including phenoxy) is 1. The standard InChI is InChI=1S/C14H12ClFN2O/c1-19-12-8-7-10(13(15)14(12)16)9-17-18-11-5-3-2-4-6-11/h2-9,18H,1H3. The number of nitrogens with zero attached hydrogens (tertiary/aromatic N) is 1. The number of nitrogens with one attached hydrogen (secondary N) is 1. The highest BCUT2D eigenvalue weighted by Crippen LogP contribution is 2.26. The molecule has 0 aliphatic rings. The number of rotatable bonds is 4. The Labute approximate surface area is 115 Å². The second-order valence-corrected chi connectivity index (χ2v) is 4.10. The maximum atomic E-state index is 13.7. The van der Waals surface area contributed by atoms with E-state index in [4.69, 9.17) is 16.3 Å². The van der Waals surface area contributed by atoms with Crippen LogP contribution in [-0.4, -0.2) is 13.3 Å². The first-order valence-corrected chi connectivity index (χ1v) is 5.96. The number of halogens is 2. The van der Waals surface area contributed by atoms with Crippen LogP contribution in [0.25, 0.3) is 0 Å². The number of benzene rings is 2. The van der Waals surface area contributed by atoms with E-state index in [1.165, 1.54) is 19.4 Å². The molecule has 2 aromatic rings. The van der Waals surface area contributed by atoms with Crippen LogP contribution in [0.1, 0.15) is 5.56 Å². The van der Waals surface area contributed by atoms with Gasteiger partial charge in [-0.05, 0) is 24.3 Å². The molecule has 0 radical (unpaired) electrons. The molecule has 5 heteroatoms. The summed E-state index contributed by atoms with van der Waals surface area (Å²) < 4.78 is 18.5. The average Bonchev–Trinajstić information content (AvgIpc) is 2.45. The highest BCUT2D eigenvalue weighted by atomic mass is 35.5. The van der Waals surface area contributed by atoms with Crippen LogP contribution in [-0.2, 0) is 0 Å². The molecular formula is C14H12ClFN2O. The van der Waals surface area contributed by atoms with Gasteiger partial charge in [-0.1, -0.05) is 29.8 Å². The van der Waals surface area contributed by atoms with Crippen LogP contribution >= 0.6 is 11.6 Å². The third-order valence-electron chi connectivity index (χ3n) is 2.47. The number of para-hydroxylation sites is 1. The summed E-state index contributed by atoms with van der Waals surface area (Å²) >= 11 is 5.88. The molecule has 0 saturated heterocycles. The fraction of sp³-hybridized carbons (Fsp3) is 0.0714. The largest absolute Gasteiger partial charge is 0.494 e. The van der Waals surface area contributed by atoms with E-state index < -0.39 is 5.82 Å². The first-order chi connectivity index (χ1) is 9.22. The van der Waals surface area contributed by atoms with Crippen molar-refractivity contribution in [1.82, 2.24) is 0 Å². The lowest BCUT2D eigenvalue weighted by atomic mass is 10.2. The van der Waals surface area contributed by atoms with Crippen molar-refractivity contribution in [3.63, 3.8) is 0 Å². The van der Waals surface area contributed by atoms with Gasteiger partial charge in [-0.2, -0.15) is 5.10 Å². The van der Waals surface area contributed by atoms with Crippen LogP contribution in [0.2, 0.25) is 5.02 Å². The molecule has 0 aromatic heterocycles. The maximum Gasteiger partial charge on any atom is 0.184 e. The normalized spacial score (nSPS) is 10.7. The summed E-state index contributed by atoms with van der Waals surface area (Å²) in [5, 5.41) is 3.99. The number of hydrogen-bond donors (Lipinski definition) is 1. The molecule has 3 nitrogen and oxygen atoms in total. The molecule has 0 atom stereocenters. The minimum absolute atomic E-state index is 0.0158. The summed E-state index contributed by atoms with van der Waals surface area (Å²) in [6.07, 6.45) is 1.46. The molecule has 0 amide bonds. The zero-order valence-corrected chi connectivity index (χ0v) is 11.0. The number of hydrazone groups is 1. The monoisotopic (exact) mass is 278 g/mol. The fourth-order valence-electron chi connectivity index (χ4n) is 1.49. The van der Waals surface area contributed by atoms with Crippen LogP contribution in [0.5, 0.6) is 5.75 Å². The van der Waals surface area contributed by atoms with Crippen LogP contribution in [0.15, 0.2) is 47.6 Å². The Balaban J connectivity index is 2.13. The van der Waals surface area contributed by atoms with Crippen molar-refractivity contribution in [1.29, 1.82) is 0 Å². The minimum atomic E-state index is -0.590. The third-order valence-corrected chi connectivity index (χ3v) is 2.85. The summed E-state index contributed by atoms with van der Waals surface area (Å²) in [5.74, 6) is -0.481. The fourth-order valence-corrected chi connectivity index (χ4v) is 1.70. The average molecular weight is 279 g/mol. The van der Waals surface area contributed by atoms with E-state index in [1.807, 2.05) is 30.3 Å². The Hall–Kier alpha value is -2.07. The van der Waals surface area contributed by atoms with E-state index >= 15 is 0 Å². The van der Waals surface area contributed by atoms with Crippen molar-refractivity contribution in [3.05, 3.63) is 58.9 Å². The summed E-state index contributed by atoms with van der Waals surface area (Å²) in [7, 11) is 1.39. The highest BCUT2D eigenvalue weighted by molar-refractivity contribution is 6.33. The van der Waals surface area contributed by atoms with Gasteiger partial charge < -0.3 is 4.74 Å². The Morgan fingerprint density at radius 2 is 1.95 bits per heavy atom. The minimum Gasteiger partial charge on any atom is -0.494 e. The van der Waals surface area contributed by atoms with Crippen LogP contribution < -0.4 is 10.2 Å². The number of hydrogen-bond acceptors (Lipinski definition) is 3. The SMILES string of the molecule is COc1ccc(C=NNc2ccccc2)c(Cl)c1F. The maximum absolute atomic E-state index is 13.7. The van der Waals surface area contributed by atoms with Crippen molar-refractivity contribution in [2.24, 2.45) is 5.10 Å². The van der Waals surface area contributed by atoms with Crippen molar-refractivity contribution < 1.29 is 9.13 Å². The van der Waals surface area contributed by atoms with Crippen molar-refractivity contribution >= 4 is 23.5 Å². The molecule has 0 saturated carbocycles. The van der Waals surface area contributed by atoms with Gasteiger partial charge in [0.05, 0.1) is 24.0 Å². The second kappa shape index (κ2) is 6.20. The molecule has 0 spiro atoms. The van der Waals surface area contributed by atoms with Gasteiger partial charge in [0.25, 0.3) is 0 Å². The smallest absolute Gasteiger partial charge is 0.184 e. The van der Waals surface area contributed by atoms with Gasteiger partial charge in [0.1, 0.15) is 0 Å². The quantitative estimate of drug-likeness (QED) is 0.679. The third kappa shape index (κ3) is 3.23. The molecule has 0 aliphatic heterocycles. The number of methoxy groups -OCH3 is 1. The van der Waals surface area contributed by atoms with Gasteiger partial charge in [-0.25, -0.2) is 4.39 Å². The summed E-state index contributed by atoms with van der Waals surface area (Å²) in [5.41, 5.74) is 4.14. The number of anilines is 1. The molecule has 19 heavy (non-hydrogen) atoms. The molecule has 0 fully saturated rings.